The Bertz CT molecular complexity index is 929. The van der Waals surface area contributed by atoms with Crippen molar-refractivity contribution in [1.29, 1.82) is 0 Å². The zero-order valence-corrected chi connectivity index (χ0v) is 22.7. The Hall–Kier alpha value is -2.45. The van der Waals surface area contributed by atoms with E-state index in [0.717, 1.165) is 49.0 Å². The number of phenolic OH excluding ortho intramolecular Hbond substituents is 1. The lowest BCUT2D eigenvalue weighted by Gasteiger charge is -2.18. The number of likely N-dealkylation sites (N-methyl/N-ethyl adjacent to an activating group) is 1. The molecule has 2 aliphatic rings. The summed E-state index contributed by atoms with van der Waals surface area (Å²) in [6, 6.07) is 5.41. The van der Waals surface area contributed by atoms with Crippen molar-refractivity contribution in [2.75, 3.05) is 13.7 Å². The second-order valence-electron chi connectivity index (χ2n) is 10.3. The molecule has 1 aromatic carbocycles. The van der Waals surface area contributed by atoms with Crippen LogP contribution in [0.3, 0.4) is 0 Å². The van der Waals surface area contributed by atoms with Crippen molar-refractivity contribution >= 4 is 6.21 Å². The van der Waals surface area contributed by atoms with E-state index in [1.165, 1.54) is 12.8 Å². The summed E-state index contributed by atoms with van der Waals surface area (Å²) in [6.07, 6.45) is 14.8. The first-order chi connectivity index (χ1) is 17.8. The Labute approximate surface area is 222 Å². The number of aryl methyl sites for hydroxylation is 1. The van der Waals surface area contributed by atoms with Gasteiger partial charge in [0.15, 0.2) is 23.2 Å². The maximum Gasteiger partial charge on any atom is 0.196 e. The van der Waals surface area contributed by atoms with Crippen LogP contribution in [0.5, 0.6) is 11.5 Å². The van der Waals surface area contributed by atoms with Crippen molar-refractivity contribution in [3.8, 4) is 11.5 Å². The number of aliphatic imine (C=N–C) groups is 1. The van der Waals surface area contributed by atoms with E-state index < -0.39 is 12.2 Å². The predicted molar refractivity (Wildman–Crippen MR) is 149 cm³/mol. The molecule has 2 heterocycles. The summed E-state index contributed by atoms with van der Waals surface area (Å²) in [6.45, 7) is 6.24. The van der Waals surface area contributed by atoms with Gasteiger partial charge in [-0.3, -0.25) is 5.32 Å². The molecule has 5 atom stereocenters. The van der Waals surface area contributed by atoms with Crippen molar-refractivity contribution in [2.24, 2.45) is 10.9 Å². The summed E-state index contributed by atoms with van der Waals surface area (Å²) in [4.78, 5) is 4.58. The summed E-state index contributed by atoms with van der Waals surface area (Å²) >= 11 is 0. The van der Waals surface area contributed by atoms with Crippen molar-refractivity contribution in [3.63, 3.8) is 0 Å². The highest BCUT2D eigenvalue weighted by molar-refractivity contribution is 5.83. The van der Waals surface area contributed by atoms with E-state index in [4.69, 9.17) is 9.47 Å². The van der Waals surface area contributed by atoms with Gasteiger partial charge in [0.1, 0.15) is 30.9 Å². The molecular formula is C30H45N2O5+. The lowest BCUT2D eigenvalue weighted by Crippen LogP contribution is -2.33. The van der Waals surface area contributed by atoms with Gasteiger partial charge in [0.25, 0.3) is 0 Å². The van der Waals surface area contributed by atoms with Crippen LogP contribution in [0.4, 0.5) is 0 Å². The normalized spacial score (nSPS) is 20.3. The first-order valence-corrected chi connectivity index (χ1v) is 13.7. The van der Waals surface area contributed by atoms with Gasteiger partial charge in [0.05, 0.1) is 18.3 Å². The molecule has 5 N–H and O–H groups in total. The number of rotatable bonds is 16. The average Bonchev–Trinajstić information content (AvgIpc) is 3.56. The van der Waals surface area contributed by atoms with Gasteiger partial charge in [-0.2, -0.15) is 0 Å². The molecule has 0 radical (unpaired) electrons. The molecule has 1 unspecified atom stereocenters. The fourth-order valence-corrected chi connectivity index (χ4v) is 4.52. The largest absolute Gasteiger partial charge is 0.504 e. The van der Waals surface area contributed by atoms with Gasteiger partial charge in [-0.05, 0) is 70.7 Å². The molecule has 0 aliphatic carbocycles. The molecule has 0 fully saturated rings. The molecule has 2 aliphatic heterocycles. The van der Waals surface area contributed by atoms with Gasteiger partial charge < -0.3 is 24.8 Å². The number of hydrogen-bond donors (Lipinski definition) is 4. The van der Waals surface area contributed by atoms with Crippen LogP contribution < -0.4 is 10.1 Å². The van der Waals surface area contributed by atoms with Gasteiger partial charge in [-0.25, -0.2) is 0 Å². The van der Waals surface area contributed by atoms with Gasteiger partial charge in [-0.15, -0.1) is 17.1 Å². The molecule has 0 amide bonds. The third kappa shape index (κ3) is 8.82. The van der Waals surface area contributed by atoms with Gasteiger partial charge >= 0.3 is 0 Å². The number of nitrogens with zero attached hydrogens (tertiary/aromatic N) is 1. The second kappa shape index (κ2) is 14.5. The highest BCUT2D eigenvalue weighted by atomic mass is 16.5. The molecule has 0 saturated heterocycles. The van der Waals surface area contributed by atoms with Gasteiger partial charge in [0.2, 0.25) is 0 Å². The summed E-state index contributed by atoms with van der Waals surface area (Å²) in [7, 11) is 1.87. The van der Waals surface area contributed by atoms with E-state index >= 15 is 0 Å². The summed E-state index contributed by atoms with van der Waals surface area (Å²) in [5.41, 5.74) is 1.98. The minimum absolute atomic E-state index is 0.123. The number of unbranched alkanes of at least 4 members (excludes halogenated alkanes) is 1. The number of ether oxygens (including phenoxy) is 2. The lowest BCUT2D eigenvalue weighted by molar-refractivity contribution is -0.0480. The average molecular weight is 514 g/mol. The van der Waals surface area contributed by atoms with Crippen LogP contribution in [0.1, 0.15) is 64.9 Å². The number of allylic oxidation sites excluding steroid dienone is 1. The highest BCUT2D eigenvalue weighted by Crippen LogP contribution is 2.31. The summed E-state index contributed by atoms with van der Waals surface area (Å²) in [5.74, 6) is 1.90. The SMILES string of the molecule is CCCCC1C=C[C-](CCc2ccc(O)c(OC[C@H](NC)C3=C[C+]([C@H](C)CC[C@H](O)[C@H](C)O)C=N3)c2)[OH+]1. The predicted octanol–water partition coefficient (Wildman–Crippen LogP) is 4.18. The maximum absolute atomic E-state index is 10.4. The molecule has 0 bridgehead atoms. The third-order valence-electron chi connectivity index (χ3n) is 7.20. The van der Waals surface area contributed by atoms with E-state index in [9.17, 15) is 15.3 Å². The summed E-state index contributed by atoms with van der Waals surface area (Å²) in [5, 5.41) is 33.0. The van der Waals surface area contributed by atoms with E-state index in [0.29, 0.717) is 24.9 Å². The Morgan fingerprint density at radius 1 is 1.24 bits per heavy atom. The first kappa shape index (κ1) is 29.1. The van der Waals surface area contributed by atoms with E-state index in [-0.39, 0.29) is 17.7 Å². The Balaban J connectivity index is 1.50. The first-order valence-electron chi connectivity index (χ1n) is 13.7. The van der Waals surface area contributed by atoms with Gasteiger partial charge in [0, 0.05) is 12.3 Å². The number of phenols is 1. The number of aliphatic hydroxyl groups excluding tert-OH is 2. The Morgan fingerprint density at radius 2 is 2.05 bits per heavy atom. The van der Waals surface area contributed by atoms with Crippen LogP contribution in [-0.2, 0) is 6.42 Å². The number of hydrogen-bond acceptors (Lipinski definition) is 6. The summed E-state index contributed by atoms with van der Waals surface area (Å²) < 4.78 is 10.8. The molecular weight excluding hydrogens is 468 g/mol. The quantitative estimate of drug-likeness (QED) is 0.196. The molecule has 0 saturated carbocycles. The monoisotopic (exact) mass is 513 g/mol. The van der Waals surface area contributed by atoms with Crippen LogP contribution in [-0.4, -0.2) is 64.3 Å². The number of aliphatic hydroxyl groups is 4. The lowest BCUT2D eigenvalue weighted by atomic mass is 9.89. The molecule has 1 aromatic rings. The molecule has 7 heteroatoms. The fraction of sp³-hybridized carbons (Fsp3) is 0.567. The van der Waals surface area contributed by atoms with Crippen LogP contribution >= 0.6 is 0 Å². The zero-order chi connectivity index (χ0) is 26.8. The molecule has 37 heavy (non-hydrogen) atoms. The smallest absolute Gasteiger partial charge is 0.196 e. The maximum atomic E-state index is 10.4. The van der Waals surface area contributed by atoms with Crippen LogP contribution in [0.2, 0.25) is 0 Å². The molecule has 0 aromatic heterocycles. The van der Waals surface area contributed by atoms with Crippen molar-refractivity contribution in [2.45, 2.75) is 90.1 Å². The number of nitrogens with one attached hydrogen (secondary N) is 1. The van der Waals surface area contributed by atoms with Crippen molar-refractivity contribution in [1.82, 2.24) is 5.32 Å². The van der Waals surface area contributed by atoms with E-state index in [1.54, 1.807) is 13.0 Å². The molecule has 3 rings (SSSR count). The topological polar surface area (TPSA) is 107 Å². The van der Waals surface area contributed by atoms with Crippen molar-refractivity contribution in [3.05, 3.63) is 59.7 Å². The van der Waals surface area contributed by atoms with Gasteiger partial charge in [-0.1, -0.05) is 19.4 Å². The van der Waals surface area contributed by atoms with Crippen LogP contribution in [0.25, 0.3) is 0 Å². The van der Waals surface area contributed by atoms with E-state index in [2.05, 4.69) is 42.4 Å². The molecule has 7 nitrogen and oxygen atoms in total. The van der Waals surface area contributed by atoms with Crippen LogP contribution in [0.15, 0.2) is 47.1 Å². The molecule has 0 spiro atoms. The van der Waals surface area contributed by atoms with Crippen LogP contribution in [0, 0.1) is 17.9 Å². The Morgan fingerprint density at radius 3 is 2.78 bits per heavy atom. The molecule has 204 valence electrons. The zero-order valence-electron chi connectivity index (χ0n) is 22.7. The highest BCUT2D eigenvalue weighted by Gasteiger charge is 2.32. The van der Waals surface area contributed by atoms with E-state index in [1.807, 2.05) is 25.4 Å². The third-order valence-corrected chi connectivity index (χ3v) is 7.20. The number of aromatic hydroxyl groups is 1. The minimum atomic E-state index is -0.725. The number of benzene rings is 1. The fourth-order valence-electron chi connectivity index (χ4n) is 4.52. The minimum Gasteiger partial charge on any atom is -0.504 e. The second-order valence-corrected chi connectivity index (χ2v) is 10.3. The Kier molecular flexibility index (Phi) is 11.4. The van der Waals surface area contributed by atoms with Crippen molar-refractivity contribution < 1.29 is 24.8 Å². The standard InChI is InChI=1S/C30H44N2O5/c1-5-6-7-24-12-13-25(37-24)11-9-22-10-15-29(35)30(16-22)36-19-27(31-4)26-17-23(18-32-26)20(2)8-14-28(34)21(3)33/h10,12-13,15-18,20-21,24,27-28,31,33-34,37H,5-9,11,14,19H2,1-4H3/p+1/t20-,21+,24?,27+,28+/m1/s1.